The van der Waals surface area contributed by atoms with Gasteiger partial charge in [0.05, 0.1) is 6.61 Å². The maximum absolute atomic E-state index is 14.1. The number of methoxy groups -OCH3 is 1. The summed E-state index contributed by atoms with van der Waals surface area (Å²) < 4.78 is 19.3. The molecule has 114 valence electrons. The van der Waals surface area contributed by atoms with Gasteiger partial charge in [0.15, 0.2) is 0 Å². The Labute approximate surface area is 121 Å². The second kappa shape index (κ2) is 8.22. The summed E-state index contributed by atoms with van der Waals surface area (Å²) in [6, 6.07) is 5.51. The van der Waals surface area contributed by atoms with E-state index in [1.807, 2.05) is 13.0 Å². The zero-order valence-corrected chi connectivity index (χ0v) is 13.0. The van der Waals surface area contributed by atoms with E-state index in [1.54, 1.807) is 13.2 Å². The third-order valence-electron chi connectivity index (χ3n) is 3.59. The molecule has 4 heteroatoms. The van der Waals surface area contributed by atoms with Crippen molar-refractivity contribution in [2.24, 2.45) is 5.73 Å². The van der Waals surface area contributed by atoms with E-state index in [1.165, 1.54) is 6.07 Å². The molecule has 0 aliphatic carbocycles. The number of anilines is 1. The molecule has 1 aromatic rings. The third-order valence-corrected chi connectivity index (χ3v) is 3.59. The minimum absolute atomic E-state index is 0.0631. The predicted molar refractivity (Wildman–Crippen MR) is 82.7 cm³/mol. The molecule has 0 aliphatic heterocycles. The average molecular weight is 282 g/mol. The lowest BCUT2D eigenvalue weighted by atomic mass is 10.0. The summed E-state index contributed by atoms with van der Waals surface area (Å²) in [5, 5.41) is 0. The van der Waals surface area contributed by atoms with Crippen LogP contribution < -0.4 is 10.6 Å². The van der Waals surface area contributed by atoms with Crippen molar-refractivity contribution in [1.82, 2.24) is 0 Å². The molecule has 0 aliphatic rings. The fourth-order valence-corrected chi connectivity index (χ4v) is 2.33. The largest absolute Gasteiger partial charge is 0.383 e. The maximum atomic E-state index is 14.1. The highest BCUT2D eigenvalue weighted by molar-refractivity contribution is 5.55. The Balaban J connectivity index is 3.13. The van der Waals surface area contributed by atoms with E-state index in [4.69, 9.17) is 10.5 Å². The van der Waals surface area contributed by atoms with E-state index < -0.39 is 0 Å². The smallest absolute Gasteiger partial charge is 0.128 e. The maximum Gasteiger partial charge on any atom is 0.128 e. The second-order valence-corrected chi connectivity index (χ2v) is 5.36. The van der Waals surface area contributed by atoms with Gasteiger partial charge in [-0.25, -0.2) is 4.39 Å². The number of rotatable bonds is 8. The van der Waals surface area contributed by atoms with E-state index in [2.05, 4.69) is 18.7 Å². The van der Waals surface area contributed by atoms with E-state index >= 15 is 0 Å². The van der Waals surface area contributed by atoms with Crippen molar-refractivity contribution in [1.29, 1.82) is 0 Å². The molecule has 0 saturated heterocycles. The average Bonchev–Trinajstić information content (AvgIpc) is 2.41. The van der Waals surface area contributed by atoms with Crippen LogP contribution in [0.5, 0.6) is 0 Å². The van der Waals surface area contributed by atoms with Gasteiger partial charge < -0.3 is 15.4 Å². The number of halogens is 1. The SMILES string of the molecule is CCC(C)N(CCOC)c1cccc(F)c1CC(C)N. The van der Waals surface area contributed by atoms with Gasteiger partial charge in [0.1, 0.15) is 5.82 Å². The Morgan fingerprint density at radius 1 is 1.35 bits per heavy atom. The van der Waals surface area contributed by atoms with Gasteiger partial charge in [-0.05, 0) is 38.8 Å². The first-order valence-corrected chi connectivity index (χ1v) is 7.29. The van der Waals surface area contributed by atoms with Crippen molar-refractivity contribution >= 4 is 5.69 Å². The van der Waals surface area contributed by atoms with Crippen molar-refractivity contribution in [2.75, 3.05) is 25.2 Å². The van der Waals surface area contributed by atoms with Crippen molar-refractivity contribution in [3.8, 4) is 0 Å². The molecular formula is C16H27FN2O. The zero-order valence-electron chi connectivity index (χ0n) is 13.0. The lowest BCUT2D eigenvalue weighted by Crippen LogP contribution is -2.36. The number of nitrogens with zero attached hydrogens (tertiary/aromatic N) is 1. The predicted octanol–water partition coefficient (Wildman–Crippen LogP) is 2.97. The molecule has 0 bridgehead atoms. The fourth-order valence-electron chi connectivity index (χ4n) is 2.33. The first-order valence-electron chi connectivity index (χ1n) is 7.29. The molecule has 2 N–H and O–H groups in total. The van der Waals surface area contributed by atoms with Crippen LogP contribution in [0.15, 0.2) is 18.2 Å². The molecule has 20 heavy (non-hydrogen) atoms. The van der Waals surface area contributed by atoms with E-state index in [0.29, 0.717) is 24.6 Å². The van der Waals surface area contributed by atoms with Gasteiger partial charge in [0.2, 0.25) is 0 Å². The Kier molecular flexibility index (Phi) is 6.96. The van der Waals surface area contributed by atoms with Gasteiger partial charge in [-0.15, -0.1) is 0 Å². The van der Waals surface area contributed by atoms with Crippen LogP contribution >= 0.6 is 0 Å². The number of nitrogens with two attached hydrogens (primary N) is 1. The molecule has 1 aromatic carbocycles. The first-order chi connectivity index (χ1) is 9.51. The second-order valence-electron chi connectivity index (χ2n) is 5.36. The molecule has 2 atom stereocenters. The zero-order chi connectivity index (χ0) is 15.1. The molecule has 0 saturated carbocycles. The molecule has 0 radical (unpaired) electrons. The highest BCUT2D eigenvalue weighted by Gasteiger charge is 2.19. The van der Waals surface area contributed by atoms with Gasteiger partial charge in [-0.1, -0.05) is 13.0 Å². The van der Waals surface area contributed by atoms with Crippen LogP contribution in [0.2, 0.25) is 0 Å². The van der Waals surface area contributed by atoms with Gasteiger partial charge in [0.25, 0.3) is 0 Å². The van der Waals surface area contributed by atoms with Crippen molar-refractivity contribution in [2.45, 2.75) is 45.7 Å². The highest BCUT2D eigenvalue weighted by Crippen LogP contribution is 2.27. The quantitative estimate of drug-likeness (QED) is 0.796. The fraction of sp³-hybridized carbons (Fsp3) is 0.625. The third kappa shape index (κ3) is 4.46. The summed E-state index contributed by atoms with van der Waals surface area (Å²) >= 11 is 0. The van der Waals surface area contributed by atoms with Crippen LogP contribution in [0.3, 0.4) is 0 Å². The molecule has 0 aromatic heterocycles. The molecule has 3 nitrogen and oxygen atoms in total. The monoisotopic (exact) mass is 282 g/mol. The number of hydrogen-bond acceptors (Lipinski definition) is 3. The minimum Gasteiger partial charge on any atom is -0.383 e. The summed E-state index contributed by atoms with van der Waals surface area (Å²) in [5.74, 6) is -0.175. The van der Waals surface area contributed by atoms with Gasteiger partial charge in [-0.2, -0.15) is 0 Å². The summed E-state index contributed by atoms with van der Waals surface area (Å²) in [6.07, 6.45) is 1.54. The van der Waals surface area contributed by atoms with Crippen LogP contribution in [0.4, 0.5) is 10.1 Å². The van der Waals surface area contributed by atoms with Crippen LogP contribution in [-0.4, -0.2) is 32.3 Å². The van der Waals surface area contributed by atoms with Crippen LogP contribution in [-0.2, 0) is 11.2 Å². The molecular weight excluding hydrogens is 255 g/mol. The molecule has 0 spiro atoms. The summed E-state index contributed by atoms with van der Waals surface area (Å²) in [4.78, 5) is 2.21. The number of benzene rings is 1. The van der Waals surface area contributed by atoms with Gasteiger partial charge in [-0.3, -0.25) is 0 Å². The van der Waals surface area contributed by atoms with Crippen molar-refractivity contribution < 1.29 is 9.13 Å². The summed E-state index contributed by atoms with van der Waals surface area (Å²) in [7, 11) is 1.68. The first kappa shape index (κ1) is 16.9. The Bertz CT molecular complexity index is 409. The lowest BCUT2D eigenvalue weighted by Gasteiger charge is -2.33. The van der Waals surface area contributed by atoms with Crippen LogP contribution in [0, 0.1) is 5.82 Å². The molecule has 0 heterocycles. The highest BCUT2D eigenvalue weighted by atomic mass is 19.1. The van der Waals surface area contributed by atoms with E-state index in [9.17, 15) is 4.39 Å². The molecule has 0 fully saturated rings. The molecule has 2 unspecified atom stereocenters. The van der Waals surface area contributed by atoms with Gasteiger partial charge >= 0.3 is 0 Å². The normalized spacial score (nSPS) is 14.1. The van der Waals surface area contributed by atoms with Crippen molar-refractivity contribution in [3.63, 3.8) is 0 Å². The Morgan fingerprint density at radius 3 is 2.60 bits per heavy atom. The number of ether oxygens (including phenoxy) is 1. The Hall–Kier alpha value is -1.13. The van der Waals surface area contributed by atoms with Gasteiger partial charge in [0, 0.05) is 37.0 Å². The van der Waals surface area contributed by atoms with Crippen LogP contribution in [0.25, 0.3) is 0 Å². The van der Waals surface area contributed by atoms with E-state index in [0.717, 1.165) is 18.7 Å². The Morgan fingerprint density at radius 2 is 2.05 bits per heavy atom. The topological polar surface area (TPSA) is 38.5 Å². The van der Waals surface area contributed by atoms with Crippen LogP contribution in [0.1, 0.15) is 32.8 Å². The molecule has 1 rings (SSSR count). The lowest BCUT2D eigenvalue weighted by molar-refractivity contribution is 0.203. The van der Waals surface area contributed by atoms with E-state index in [-0.39, 0.29) is 11.9 Å². The summed E-state index contributed by atoms with van der Waals surface area (Å²) in [5.41, 5.74) is 7.51. The molecule has 0 amide bonds. The van der Waals surface area contributed by atoms with Crippen molar-refractivity contribution in [3.05, 3.63) is 29.6 Å². The number of hydrogen-bond donors (Lipinski definition) is 1. The minimum atomic E-state index is -0.175. The standard InChI is InChI=1S/C16H27FN2O/c1-5-13(3)19(9-10-20-4)16-8-6-7-15(17)14(16)11-12(2)18/h6-8,12-13H,5,9-11,18H2,1-4H3. The summed E-state index contributed by atoms with van der Waals surface area (Å²) in [6.45, 7) is 7.56.